The number of hydrogen-bond acceptors (Lipinski definition) is 3. The predicted octanol–water partition coefficient (Wildman–Crippen LogP) is 2.58. The minimum atomic E-state index is 0.220. The topological polar surface area (TPSA) is 49.9 Å². The molecule has 1 atom stereocenters. The van der Waals surface area contributed by atoms with Crippen LogP contribution in [0.4, 0.5) is 0 Å². The highest BCUT2D eigenvalue weighted by Crippen LogP contribution is 2.24. The van der Waals surface area contributed by atoms with Gasteiger partial charge in [-0.3, -0.25) is 0 Å². The van der Waals surface area contributed by atoms with E-state index < -0.39 is 0 Å². The SMILES string of the molecule is COc1ccccc1[C@@H](C)NCc1nc[nH]c1C. The molecule has 0 saturated carbocycles. The van der Waals surface area contributed by atoms with E-state index in [4.69, 9.17) is 4.74 Å². The fourth-order valence-electron chi connectivity index (χ4n) is 1.95. The van der Waals surface area contributed by atoms with E-state index >= 15 is 0 Å². The highest BCUT2D eigenvalue weighted by molar-refractivity contribution is 5.35. The molecule has 4 heteroatoms. The predicted molar refractivity (Wildman–Crippen MR) is 71.6 cm³/mol. The molecule has 4 nitrogen and oxygen atoms in total. The van der Waals surface area contributed by atoms with Crippen LogP contribution in [0.1, 0.15) is 29.9 Å². The molecular weight excluding hydrogens is 226 g/mol. The van der Waals surface area contributed by atoms with E-state index in [-0.39, 0.29) is 6.04 Å². The highest BCUT2D eigenvalue weighted by atomic mass is 16.5. The van der Waals surface area contributed by atoms with Gasteiger partial charge in [-0.1, -0.05) is 18.2 Å². The summed E-state index contributed by atoms with van der Waals surface area (Å²) < 4.78 is 5.37. The van der Waals surface area contributed by atoms with Gasteiger partial charge < -0.3 is 15.0 Å². The van der Waals surface area contributed by atoms with Gasteiger partial charge >= 0.3 is 0 Å². The van der Waals surface area contributed by atoms with Crippen LogP contribution in [0.15, 0.2) is 30.6 Å². The Hall–Kier alpha value is -1.81. The lowest BCUT2D eigenvalue weighted by Crippen LogP contribution is -2.19. The van der Waals surface area contributed by atoms with Gasteiger partial charge in [0, 0.05) is 23.8 Å². The Bertz CT molecular complexity index is 507. The number of benzene rings is 1. The summed E-state index contributed by atoms with van der Waals surface area (Å²) >= 11 is 0. The monoisotopic (exact) mass is 245 g/mol. The van der Waals surface area contributed by atoms with E-state index in [1.54, 1.807) is 13.4 Å². The third-order valence-electron chi connectivity index (χ3n) is 3.12. The Labute approximate surface area is 107 Å². The summed E-state index contributed by atoms with van der Waals surface area (Å²) in [6.07, 6.45) is 1.72. The number of hydrogen-bond donors (Lipinski definition) is 2. The lowest BCUT2D eigenvalue weighted by atomic mass is 10.1. The van der Waals surface area contributed by atoms with E-state index in [1.165, 1.54) is 0 Å². The van der Waals surface area contributed by atoms with Crippen molar-refractivity contribution in [3.8, 4) is 5.75 Å². The van der Waals surface area contributed by atoms with Crippen LogP contribution in [0, 0.1) is 6.92 Å². The van der Waals surface area contributed by atoms with Crippen LogP contribution in [0.3, 0.4) is 0 Å². The molecule has 0 bridgehead atoms. The van der Waals surface area contributed by atoms with Crippen molar-refractivity contribution in [2.75, 3.05) is 7.11 Å². The first-order chi connectivity index (χ1) is 8.72. The summed E-state index contributed by atoms with van der Waals surface area (Å²) in [4.78, 5) is 7.35. The molecule has 1 aromatic carbocycles. The molecule has 1 aromatic heterocycles. The number of rotatable bonds is 5. The number of ether oxygens (including phenoxy) is 1. The number of aromatic nitrogens is 2. The molecule has 0 radical (unpaired) electrons. The Balaban J connectivity index is 2.03. The molecule has 0 unspecified atom stereocenters. The van der Waals surface area contributed by atoms with Crippen LogP contribution in [-0.4, -0.2) is 17.1 Å². The van der Waals surface area contributed by atoms with Crippen LogP contribution in [0.5, 0.6) is 5.75 Å². The second-order valence-corrected chi connectivity index (χ2v) is 4.32. The van der Waals surface area contributed by atoms with Gasteiger partial charge in [0.1, 0.15) is 5.75 Å². The molecule has 0 spiro atoms. The second-order valence-electron chi connectivity index (χ2n) is 4.32. The smallest absolute Gasteiger partial charge is 0.123 e. The maximum Gasteiger partial charge on any atom is 0.123 e. The number of imidazole rings is 1. The third kappa shape index (κ3) is 2.71. The largest absolute Gasteiger partial charge is 0.496 e. The van der Waals surface area contributed by atoms with Crippen molar-refractivity contribution in [2.24, 2.45) is 0 Å². The average molecular weight is 245 g/mol. The van der Waals surface area contributed by atoms with Crippen molar-refractivity contribution in [1.82, 2.24) is 15.3 Å². The van der Waals surface area contributed by atoms with Gasteiger partial charge in [0.15, 0.2) is 0 Å². The van der Waals surface area contributed by atoms with E-state index in [0.717, 1.165) is 29.2 Å². The fraction of sp³-hybridized carbons (Fsp3) is 0.357. The highest BCUT2D eigenvalue weighted by Gasteiger charge is 2.11. The van der Waals surface area contributed by atoms with E-state index in [1.807, 2.05) is 25.1 Å². The minimum Gasteiger partial charge on any atom is -0.496 e. The van der Waals surface area contributed by atoms with Crippen LogP contribution in [0.25, 0.3) is 0 Å². The van der Waals surface area contributed by atoms with E-state index in [0.29, 0.717) is 0 Å². The zero-order valence-electron chi connectivity index (χ0n) is 11.0. The van der Waals surface area contributed by atoms with Crippen LogP contribution in [-0.2, 0) is 6.54 Å². The van der Waals surface area contributed by atoms with Crippen LogP contribution in [0.2, 0.25) is 0 Å². The zero-order valence-corrected chi connectivity index (χ0v) is 11.0. The first-order valence-corrected chi connectivity index (χ1v) is 6.07. The Morgan fingerprint density at radius 1 is 1.39 bits per heavy atom. The maximum atomic E-state index is 5.37. The van der Waals surface area contributed by atoms with Gasteiger partial charge in [0.2, 0.25) is 0 Å². The number of aryl methyl sites for hydroxylation is 1. The molecular formula is C14H19N3O. The molecule has 2 N–H and O–H groups in total. The number of nitrogens with zero attached hydrogens (tertiary/aromatic N) is 1. The molecule has 0 aliphatic rings. The number of methoxy groups -OCH3 is 1. The molecule has 0 aliphatic heterocycles. The second kappa shape index (κ2) is 5.69. The molecule has 18 heavy (non-hydrogen) atoms. The lowest BCUT2D eigenvalue weighted by molar-refractivity contribution is 0.401. The number of para-hydroxylation sites is 1. The minimum absolute atomic E-state index is 0.220. The Morgan fingerprint density at radius 3 is 2.83 bits per heavy atom. The van der Waals surface area contributed by atoms with Crippen molar-refractivity contribution < 1.29 is 4.74 Å². The molecule has 96 valence electrons. The van der Waals surface area contributed by atoms with Gasteiger partial charge in [0.05, 0.1) is 19.1 Å². The first-order valence-electron chi connectivity index (χ1n) is 6.07. The average Bonchev–Trinajstić information content (AvgIpc) is 2.81. The Kier molecular flexibility index (Phi) is 3.99. The molecule has 0 amide bonds. The molecule has 0 saturated heterocycles. The van der Waals surface area contributed by atoms with Gasteiger partial charge in [-0.05, 0) is 19.9 Å². The van der Waals surface area contributed by atoms with E-state index in [9.17, 15) is 0 Å². The van der Waals surface area contributed by atoms with Crippen LogP contribution >= 0.6 is 0 Å². The van der Waals surface area contributed by atoms with Crippen molar-refractivity contribution in [3.63, 3.8) is 0 Å². The summed E-state index contributed by atoms with van der Waals surface area (Å²) in [6, 6.07) is 8.28. The number of aromatic amines is 1. The number of nitrogens with one attached hydrogen (secondary N) is 2. The van der Waals surface area contributed by atoms with Gasteiger partial charge in [-0.2, -0.15) is 0 Å². The Morgan fingerprint density at radius 2 is 2.17 bits per heavy atom. The molecule has 2 aromatic rings. The van der Waals surface area contributed by atoms with Crippen molar-refractivity contribution in [2.45, 2.75) is 26.4 Å². The van der Waals surface area contributed by atoms with E-state index in [2.05, 4.69) is 28.3 Å². The summed E-state index contributed by atoms with van der Waals surface area (Å²) in [6.45, 7) is 4.90. The molecule has 2 rings (SSSR count). The quantitative estimate of drug-likeness (QED) is 0.851. The summed E-state index contributed by atoms with van der Waals surface area (Å²) in [5.41, 5.74) is 3.32. The molecule has 0 aliphatic carbocycles. The summed E-state index contributed by atoms with van der Waals surface area (Å²) in [5, 5.41) is 3.45. The standard InChI is InChI=1S/C14H19N3O/c1-10(12-6-4-5-7-14(12)18-3)15-8-13-11(2)16-9-17-13/h4-7,9-10,15H,8H2,1-3H3,(H,16,17)/t10-/m1/s1. The number of H-pyrrole nitrogens is 1. The lowest BCUT2D eigenvalue weighted by Gasteiger charge is -2.16. The third-order valence-corrected chi connectivity index (χ3v) is 3.12. The molecule has 1 heterocycles. The van der Waals surface area contributed by atoms with Gasteiger partial charge in [-0.15, -0.1) is 0 Å². The first kappa shape index (κ1) is 12.6. The van der Waals surface area contributed by atoms with Crippen molar-refractivity contribution in [1.29, 1.82) is 0 Å². The van der Waals surface area contributed by atoms with Gasteiger partial charge in [-0.25, -0.2) is 4.98 Å². The van der Waals surface area contributed by atoms with Crippen molar-refractivity contribution in [3.05, 3.63) is 47.5 Å². The van der Waals surface area contributed by atoms with Crippen molar-refractivity contribution >= 4 is 0 Å². The van der Waals surface area contributed by atoms with Crippen LogP contribution < -0.4 is 10.1 Å². The molecule has 0 fully saturated rings. The normalized spacial score (nSPS) is 12.4. The summed E-state index contributed by atoms with van der Waals surface area (Å²) in [7, 11) is 1.70. The zero-order chi connectivity index (χ0) is 13.0. The van der Waals surface area contributed by atoms with Gasteiger partial charge in [0.25, 0.3) is 0 Å². The fourth-order valence-corrected chi connectivity index (χ4v) is 1.95. The summed E-state index contributed by atoms with van der Waals surface area (Å²) in [5.74, 6) is 0.913. The maximum absolute atomic E-state index is 5.37.